The summed E-state index contributed by atoms with van der Waals surface area (Å²) in [4.78, 5) is 4.78. The Hall–Kier alpha value is -10.5. The third-order valence-corrected chi connectivity index (χ3v) is 16.7. The van der Waals surface area contributed by atoms with Gasteiger partial charge in [-0.3, -0.25) is 0 Å². The van der Waals surface area contributed by atoms with Crippen LogP contribution in [-0.4, -0.2) is 0 Å². The molecule has 80 heavy (non-hydrogen) atoms. The van der Waals surface area contributed by atoms with E-state index in [1.54, 1.807) is 0 Å². The molecule has 0 radical (unpaired) electrons. The van der Waals surface area contributed by atoms with E-state index in [1.807, 2.05) is 36.4 Å². The number of rotatable bonds is 9. The van der Waals surface area contributed by atoms with E-state index in [2.05, 4.69) is 255 Å². The van der Waals surface area contributed by atoms with Crippen LogP contribution in [0, 0.1) is 49.4 Å². The predicted molar refractivity (Wildman–Crippen MR) is 336 cm³/mol. The quantitative estimate of drug-likeness (QED) is 0.133. The van der Waals surface area contributed by atoms with Crippen LogP contribution in [0.5, 0.6) is 0 Å². The van der Waals surface area contributed by atoms with E-state index in [4.69, 9.17) is 25.7 Å². The fourth-order valence-corrected chi connectivity index (χ4v) is 12.8. The number of fused-ring (bicyclic) bond motifs is 8. The summed E-state index contributed by atoms with van der Waals surface area (Å²) < 4.78 is 0. The highest BCUT2D eigenvalue weighted by Gasteiger charge is 2.43. The highest BCUT2D eigenvalue weighted by molar-refractivity contribution is 6.11. The van der Waals surface area contributed by atoms with Gasteiger partial charge in [-0.25, -0.2) is 0 Å². The second-order valence-corrected chi connectivity index (χ2v) is 21.8. The number of terminal acetylenes is 4. The van der Waals surface area contributed by atoms with E-state index in [-0.39, 0.29) is 10.8 Å². The normalized spacial score (nSPS) is 12.9. The van der Waals surface area contributed by atoms with E-state index in [1.165, 1.54) is 55.3 Å². The molecule has 11 aromatic rings. The van der Waals surface area contributed by atoms with Gasteiger partial charge in [0.15, 0.2) is 0 Å². The third-order valence-electron chi connectivity index (χ3n) is 16.7. The Labute approximate surface area is 470 Å². The van der Waals surface area contributed by atoms with Crippen molar-refractivity contribution in [3.8, 4) is 105 Å². The van der Waals surface area contributed by atoms with Crippen molar-refractivity contribution in [2.24, 2.45) is 0 Å². The van der Waals surface area contributed by atoms with E-state index in [0.29, 0.717) is 22.3 Å². The number of para-hydroxylation sites is 3. The Balaban J connectivity index is 0.949. The van der Waals surface area contributed by atoms with E-state index < -0.39 is 0 Å². The highest BCUT2D eigenvalue weighted by atomic mass is 15.1. The lowest BCUT2D eigenvalue weighted by atomic mass is 9.79. The second-order valence-electron chi connectivity index (χ2n) is 21.8. The average molecular weight is 1020 g/mol. The molecule has 0 aliphatic heterocycles. The van der Waals surface area contributed by atoms with Crippen molar-refractivity contribution in [2.45, 2.75) is 38.5 Å². The Bertz CT molecular complexity index is 4470. The number of benzene rings is 11. The lowest BCUT2D eigenvalue weighted by molar-refractivity contribution is 0.652. The van der Waals surface area contributed by atoms with Crippen LogP contribution < -0.4 is 9.80 Å². The van der Waals surface area contributed by atoms with Gasteiger partial charge in [0, 0.05) is 66.9 Å². The number of nitrogens with zero attached hydrogens (tertiary/aromatic N) is 2. The molecule has 11 aromatic carbocycles. The first-order chi connectivity index (χ1) is 39.0. The molecule has 0 fully saturated rings. The standard InChI is InChI=1S/C78H54N2/c1-9-51-27-25-39-62(60(51)11-3)64-43-41-54(46-68(64)63-40-26-28-52(10-2)61(63)12-4)53-29-24-36-58(45-53)80(57-34-20-15-21-35-57)75-50-74-76(67-38-23-22-37-66(67)75)70-49-72-69(48-73(70)78(74,7)8)65-44-42-59(47-71(65)77(72,5)6)79(55-30-16-13-17-31-55)56-32-18-14-19-33-56/h1-4,13-50H,5-8H3. The molecular weight excluding hydrogens is 965 g/mol. The van der Waals surface area contributed by atoms with Gasteiger partial charge in [0.1, 0.15) is 0 Å². The predicted octanol–water partition coefficient (Wildman–Crippen LogP) is 19.3. The molecule has 2 aliphatic rings. The fraction of sp³-hybridized carbons (Fsp3) is 0.0769. The molecule has 0 aromatic heterocycles. The van der Waals surface area contributed by atoms with Gasteiger partial charge in [-0.1, -0.05) is 185 Å². The zero-order chi connectivity index (χ0) is 54.9. The van der Waals surface area contributed by atoms with Crippen molar-refractivity contribution in [3.63, 3.8) is 0 Å². The topological polar surface area (TPSA) is 6.48 Å². The fourth-order valence-electron chi connectivity index (χ4n) is 12.8. The molecule has 0 saturated heterocycles. The van der Waals surface area contributed by atoms with E-state index in [9.17, 15) is 0 Å². The van der Waals surface area contributed by atoms with Gasteiger partial charge in [0.2, 0.25) is 0 Å². The monoisotopic (exact) mass is 1020 g/mol. The maximum atomic E-state index is 6.27. The van der Waals surface area contributed by atoms with Gasteiger partial charge in [0.25, 0.3) is 0 Å². The van der Waals surface area contributed by atoms with Crippen molar-refractivity contribution in [1.29, 1.82) is 0 Å². The first-order valence-corrected chi connectivity index (χ1v) is 27.1. The minimum atomic E-state index is -0.335. The molecule has 0 bridgehead atoms. The molecule has 2 heteroatoms. The van der Waals surface area contributed by atoms with Crippen molar-refractivity contribution in [3.05, 3.63) is 275 Å². The Morgan fingerprint density at radius 1 is 0.300 bits per heavy atom. The lowest BCUT2D eigenvalue weighted by Crippen LogP contribution is -2.18. The van der Waals surface area contributed by atoms with Gasteiger partial charge < -0.3 is 9.80 Å². The zero-order valence-electron chi connectivity index (χ0n) is 45.1. The highest BCUT2D eigenvalue weighted by Crippen LogP contribution is 2.59. The summed E-state index contributed by atoms with van der Waals surface area (Å²) in [6, 6.07) is 82.6. The molecule has 13 rings (SSSR count). The van der Waals surface area contributed by atoms with Gasteiger partial charge >= 0.3 is 0 Å². The maximum absolute atomic E-state index is 6.27. The molecule has 376 valence electrons. The van der Waals surface area contributed by atoms with Gasteiger partial charge in [-0.05, 0) is 180 Å². The largest absolute Gasteiger partial charge is 0.310 e. The first kappa shape index (κ1) is 49.1. The van der Waals surface area contributed by atoms with Crippen LogP contribution in [0.25, 0.3) is 66.4 Å². The van der Waals surface area contributed by atoms with Crippen LogP contribution in [0.2, 0.25) is 0 Å². The zero-order valence-corrected chi connectivity index (χ0v) is 45.1. The molecule has 0 N–H and O–H groups in total. The summed E-state index contributed by atoms with van der Waals surface area (Å²) in [7, 11) is 0. The van der Waals surface area contributed by atoms with E-state index in [0.717, 1.165) is 67.5 Å². The molecule has 0 amide bonds. The average Bonchev–Trinajstić information content (AvgIpc) is 4.01. The molecule has 2 aliphatic carbocycles. The Morgan fingerprint density at radius 3 is 1.39 bits per heavy atom. The van der Waals surface area contributed by atoms with Gasteiger partial charge in [0.05, 0.1) is 5.69 Å². The second kappa shape index (κ2) is 19.2. The summed E-state index contributed by atoms with van der Waals surface area (Å²) in [5, 5.41) is 2.39. The maximum Gasteiger partial charge on any atom is 0.0543 e. The molecule has 0 saturated carbocycles. The van der Waals surface area contributed by atoms with Gasteiger partial charge in [-0.2, -0.15) is 0 Å². The molecule has 2 nitrogen and oxygen atoms in total. The molecule has 0 atom stereocenters. The van der Waals surface area contributed by atoms with Crippen LogP contribution in [-0.2, 0) is 10.8 Å². The van der Waals surface area contributed by atoms with Crippen molar-refractivity contribution in [1.82, 2.24) is 0 Å². The van der Waals surface area contributed by atoms with Crippen LogP contribution in [0.1, 0.15) is 72.2 Å². The van der Waals surface area contributed by atoms with E-state index >= 15 is 0 Å². The van der Waals surface area contributed by atoms with Crippen LogP contribution >= 0.6 is 0 Å². The summed E-state index contributed by atoms with van der Waals surface area (Å²) in [5.41, 5.74) is 24.6. The van der Waals surface area contributed by atoms with Crippen LogP contribution in [0.4, 0.5) is 34.1 Å². The Morgan fingerprint density at radius 2 is 0.775 bits per heavy atom. The molecular formula is C78H54N2. The number of hydrogen-bond acceptors (Lipinski definition) is 2. The molecule has 0 unspecified atom stereocenters. The van der Waals surface area contributed by atoms with Crippen molar-refractivity contribution in [2.75, 3.05) is 9.80 Å². The van der Waals surface area contributed by atoms with Crippen molar-refractivity contribution >= 4 is 44.9 Å². The minimum absolute atomic E-state index is 0.263. The first-order valence-electron chi connectivity index (χ1n) is 27.1. The lowest BCUT2D eigenvalue weighted by Gasteiger charge is -2.30. The van der Waals surface area contributed by atoms with Crippen LogP contribution in [0.15, 0.2) is 231 Å². The summed E-state index contributed by atoms with van der Waals surface area (Å²) >= 11 is 0. The number of hydrogen-bond donors (Lipinski definition) is 0. The van der Waals surface area contributed by atoms with Crippen LogP contribution in [0.3, 0.4) is 0 Å². The smallest absolute Gasteiger partial charge is 0.0543 e. The van der Waals surface area contributed by atoms with Gasteiger partial charge in [-0.15, -0.1) is 25.7 Å². The summed E-state index contributed by atoms with van der Waals surface area (Å²) in [6.45, 7) is 9.59. The minimum Gasteiger partial charge on any atom is -0.310 e. The summed E-state index contributed by atoms with van der Waals surface area (Å²) in [5.74, 6) is 11.4. The third kappa shape index (κ3) is 7.74. The Kier molecular flexibility index (Phi) is 11.8. The summed E-state index contributed by atoms with van der Waals surface area (Å²) in [6.07, 6.45) is 24.5. The SMILES string of the molecule is C#Cc1cccc(-c2ccc(-c3cccc(N(c4ccccc4)c4cc5c(c6ccccc46)-c4cc6c(cc4C5(C)C)-c4ccc(N(c5ccccc5)c5ccccc5)cc4C6(C)C)c3)cc2-c2cccc(C#C)c2C#C)c1C#C. The van der Waals surface area contributed by atoms with Crippen molar-refractivity contribution < 1.29 is 0 Å². The molecule has 0 heterocycles. The molecule has 0 spiro atoms. The number of anilines is 6.